The van der Waals surface area contributed by atoms with Crippen molar-refractivity contribution in [2.24, 2.45) is 0 Å². The van der Waals surface area contributed by atoms with Gasteiger partial charge in [-0.1, -0.05) is 194 Å². The first-order chi connectivity index (χ1) is 30.8. The summed E-state index contributed by atoms with van der Waals surface area (Å²) in [5, 5.41) is 5.05. The van der Waals surface area contributed by atoms with E-state index in [2.05, 4.69) is 252 Å². The highest BCUT2D eigenvalue weighted by Crippen LogP contribution is 2.44. The zero-order valence-electron chi connectivity index (χ0n) is 34.0. The number of hydrogen-bond acceptors (Lipinski definition) is 0. The third-order valence-corrected chi connectivity index (χ3v) is 12.6. The molecule has 0 N–H and O–H groups in total. The number of benzene rings is 10. The Labute approximate surface area is 360 Å². The molecule has 0 amide bonds. The van der Waals surface area contributed by atoms with Crippen LogP contribution in [0.2, 0.25) is 0 Å². The van der Waals surface area contributed by atoms with Crippen molar-refractivity contribution in [3.05, 3.63) is 243 Å². The van der Waals surface area contributed by atoms with E-state index in [1.54, 1.807) is 0 Å². The molecule has 0 atom stereocenters. The van der Waals surface area contributed by atoms with Crippen molar-refractivity contribution >= 4 is 43.6 Å². The van der Waals surface area contributed by atoms with E-state index in [0.717, 1.165) is 11.4 Å². The average Bonchev–Trinajstić information content (AvgIpc) is 3.87. The third-order valence-electron chi connectivity index (χ3n) is 12.6. The maximum Gasteiger partial charge on any atom is 0.0541 e. The van der Waals surface area contributed by atoms with Crippen LogP contribution in [0.4, 0.5) is 0 Å². The van der Waals surface area contributed by atoms with E-state index in [0.29, 0.717) is 0 Å². The van der Waals surface area contributed by atoms with E-state index in [9.17, 15) is 0 Å². The second-order valence-corrected chi connectivity index (χ2v) is 16.0. The monoisotopic (exact) mass is 788 g/mol. The van der Waals surface area contributed by atoms with Gasteiger partial charge in [-0.25, -0.2) is 0 Å². The summed E-state index contributed by atoms with van der Waals surface area (Å²) in [5.41, 5.74) is 19.1. The summed E-state index contributed by atoms with van der Waals surface area (Å²) in [4.78, 5) is 0. The first-order valence-corrected chi connectivity index (χ1v) is 21.4. The molecule has 0 aliphatic carbocycles. The molecule has 0 radical (unpaired) electrons. The van der Waals surface area contributed by atoms with Crippen LogP contribution in [0, 0.1) is 0 Å². The summed E-state index contributed by atoms with van der Waals surface area (Å²) in [6.07, 6.45) is 0. The van der Waals surface area contributed by atoms with E-state index in [-0.39, 0.29) is 0 Å². The summed E-state index contributed by atoms with van der Waals surface area (Å²) in [6, 6.07) is 88.4. The number of nitrogens with zero attached hydrogens (tertiary/aromatic N) is 2. The summed E-state index contributed by atoms with van der Waals surface area (Å²) in [5.74, 6) is 0. The molecule has 10 aromatic carbocycles. The molecule has 0 unspecified atom stereocenters. The van der Waals surface area contributed by atoms with Crippen LogP contribution >= 0.6 is 0 Å². The van der Waals surface area contributed by atoms with E-state index in [1.165, 1.54) is 99.2 Å². The van der Waals surface area contributed by atoms with Gasteiger partial charge in [0.2, 0.25) is 0 Å². The van der Waals surface area contributed by atoms with Gasteiger partial charge in [0.25, 0.3) is 0 Å². The minimum atomic E-state index is 1.15. The van der Waals surface area contributed by atoms with Crippen LogP contribution in [0.15, 0.2) is 243 Å². The molecule has 0 saturated carbocycles. The normalized spacial score (nSPS) is 11.5. The topological polar surface area (TPSA) is 9.86 Å². The number of hydrogen-bond donors (Lipinski definition) is 0. The van der Waals surface area contributed by atoms with Gasteiger partial charge in [0.05, 0.1) is 22.1 Å². The standard InChI is InChI=1S/C60H40N2/c1-3-25-47(45(23-1)41-19-17-21-43(39-41)61-57-35-13-9-31-53(57)54-32-10-14-36-58(54)61)49-27-5-7-29-51(49)52-30-8-6-28-50(52)48-26-4-2-24-46(48)42-20-18-22-44(40-42)62-59-37-15-11-33-55(59)56-34-12-16-38-60(56)62/h1-40H. The fourth-order valence-corrected chi connectivity index (χ4v) is 9.87. The van der Waals surface area contributed by atoms with Crippen molar-refractivity contribution in [2.75, 3.05) is 0 Å². The molecule has 2 nitrogen and oxygen atoms in total. The van der Waals surface area contributed by atoms with Crippen LogP contribution < -0.4 is 0 Å². The van der Waals surface area contributed by atoms with E-state index >= 15 is 0 Å². The van der Waals surface area contributed by atoms with Crippen molar-refractivity contribution < 1.29 is 0 Å². The van der Waals surface area contributed by atoms with Gasteiger partial charge in [-0.2, -0.15) is 0 Å². The minimum absolute atomic E-state index is 1.15. The fourth-order valence-electron chi connectivity index (χ4n) is 9.87. The van der Waals surface area contributed by atoms with Crippen molar-refractivity contribution in [3.8, 4) is 67.0 Å². The predicted octanol–water partition coefficient (Wildman–Crippen LogP) is 16.2. The lowest BCUT2D eigenvalue weighted by Crippen LogP contribution is -1.96. The van der Waals surface area contributed by atoms with Gasteiger partial charge in [0.1, 0.15) is 0 Å². The molecule has 12 aromatic rings. The molecule has 0 bridgehead atoms. The second kappa shape index (κ2) is 14.8. The minimum Gasteiger partial charge on any atom is -0.309 e. The highest BCUT2D eigenvalue weighted by Gasteiger charge is 2.19. The van der Waals surface area contributed by atoms with Crippen LogP contribution in [0.25, 0.3) is 111 Å². The Morgan fingerprint density at radius 1 is 0.194 bits per heavy atom. The third kappa shape index (κ3) is 5.80. The summed E-state index contributed by atoms with van der Waals surface area (Å²) >= 11 is 0. The number of para-hydroxylation sites is 4. The Morgan fingerprint density at radius 2 is 0.435 bits per heavy atom. The van der Waals surface area contributed by atoms with Crippen molar-refractivity contribution in [3.63, 3.8) is 0 Å². The lowest BCUT2D eigenvalue weighted by molar-refractivity contribution is 1.18. The fraction of sp³-hybridized carbons (Fsp3) is 0. The summed E-state index contributed by atoms with van der Waals surface area (Å²) < 4.78 is 4.80. The van der Waals surface area contributed by atoms with Crippen LogP contribution in [0.1, 0.15) is 0 Å². The van der Waals surface area contributed by atoms with Gasteiger partial charge in [-0.15, -0.1) is 0 Å². The van der Waals surface area contributed by atoms with Gasteiger partial charge >= 0.3 is 0 Å². The molecule has 290 valence electrons. The van der Waals surface area contributed by atoms with Crippen LogP contribution in [-0.2, 0) is 0 Å². The number of fused-ring (bicyclic) bond motifs is 6. The first kappa shape index (κ1) is 35.7. The zero-order chi connectivity index (χ0) is 41.0. The quantitative estimate of drug-likeness (QED) is 0.152. The molecule has 12 rings (SSSR count). The molecular weight excluding hydrogens is 749 g/mol. The summed E-state index contributed by atoms with van der Waals surface area (Å²) in [7, 11) is 0. The van der Waals surface area contributed by atoms with Crippen LogP contribution in [0.5, 0.6) is 0 Å². The van der Waals surface area contributed by atoms with Gasteiger partial charge in [-0.3, -0.25) is 0 Å². The first-order valence-electron chi connectivity index (χ1n) is 21.4. The Hall–Kier alpha value is -8.20. The predicted molar refractivity (Wildman–Crippen MR) is 262 cm³/mol. The van der Waals surface area contributed by atoms with Gasteiger partial charge in [-0.05, 0) is 104 Å². The van der Waals surface area contributed by atoms with E-state index in [4.69, 9.17) is 0 Å². The average molecular weight is 789 g/mol. The van der Waals surface area contributed by atoms with E-state index in [1.807, 2.05) is 0 Å². The van der Waals surface area contributed by atoms with Crippen molar-refractivity contribution in [1.82, 2.24) is 9.13 Å². The Kier molecular flexibility index (Phi) is 8.53. The van der Waals surface area contributed by atoms with Crippen molar-refractivity contribution in [2.45, 2.75) is 0 Å². The smallest absolute Gasteiger partial charge is 0.0541 e. The maximum absolute atomic E-state index is 2.40. The van der Waals surface area contributed by atoms with Crippen LogP contribution in [-0.4, -0.2) is 9.13 Å². The van der Waals surface area contributed by atoms with Crippen molar-refractivity contribution in [1.29, 1.82) is 0 Å². The van der Waals surface area contributed by atoms with Crippen LogP contribution in [0.3, 0.4) is 0 Å². The zero-order valence-corrected chi connectivity index (χ0v) is 34.0. The molecular formula is C60H40N2. The lowest BCUT2D eigenvalue weighted by atomic mass is 9.85. The summed E-state index contributed by atoms with van der Waals surface area (Å²) in [6.45, 7) is 0. The Bertz CT molecular complexity index is 3310. The SMILES string of the molecule is c1cc(-c2ccccc2-c2ccccc2-c2ccccc2-c2ccccc2-c2cccc(-n3c4ccccc4c4ccccc43)c2)cc(-n2c3ccccc3c3ccccc32)c1. The van der Waals surface area contributed by atoms with Gasteiger partial charge < -0.3 is 9.13 Å². The molecule has 0 aliphatic rings. The second-order valence-electron chi connectivity index (χ2n) is 16.0. The molecule has 2 heterocycles. The number of rotatable bonds is 7. The molecule has 0 saturated heterocycles. The molecule has 2 aromatic heterocycles. The largest absolute Gasteiger partial charge is 0.309 e. The Balaban J connectivity index is 0.979. The molecule has 0 fully saturated rings. The molecule has 0 spiro atoms. The molecule has 62 heavy (non-hydrogen) atoms. The van der Waals surface area contributed by atoms with Gasteiger partial charge in [0, 0.05) is 32.9 Å². The maximum atomic E-state index is 2.40. The highest BCUT2D eigenvalue weighted by atomic mass is 15.0. The lowest BCUT2D eigenvalue weighted by Gasteiger charge is -2.19. The molecule has 2 heteroatoms. The highest BCUT2D eigenvalue weighted by molar-refractivity contribution is 6.10. The Morgan fingerprint density at radius 3 is 0.742 bits per heavy atom. The van der Waals surface area contributed by atoms with E-state index < -0.39 is 0 Å². The van der Waals surface area contributed by atoms with Gasteiger partial charge in [0.15, 0.2) is 0 Å². The number of aromatic nitrogens is 2. The molecule has 0 aliphatic heterocycles.